The van der Waals surface area contributed by atoms with Gasteiger partial charge in [-0.3, -0.25) is 4.98 Å². The second kappa shape index (κ2) is 17.3. The summed E-state index contributed by atoms with van der Waals surface area (Å²) in [6.45, 7) is 0. The lowest BCUT2D eigenvalue weighted by Crippen LogP contribution is -2.10. The zero-order valence-corrected chi connectivity index (χ0v) is 36.8. The molecule has 2 nitrogen and oxygen atoms in total. The molecule has 0 saturated carbocycles. The Morgan fingerprint density at radius 1 is 0.254 bits per heavy atom. The molecule has 0 saturated heterocycles. The summed E-state index contributed by atoms with van der Waals surface area (Å²) in [6, 6.07) is 94.4. The van der Waals surface area contributed by atoms with Crippen molar-refractivity contribution in [1.29, 1.82) is 0 Å². The molecule has 0 aliphatic rings. The molecule has 1 aromatic heterocycles. The quantitative estimate of drug-likeness (QED) is 0.135. The van der Waals surface area contributed by atoms with Gasteiger partial charge in [0.2, 0.25) is 0 Å². The van der Waals surface area contributed by atoms with E-state index in [0.717, 1.165) is 45.0 Å². The number of rotatable bonds is 9. The summed E-state index contributed by atoms with van der Waals surface area (Å²) in [5, 5.41) is 7.53. The van der Waals surface area contributed by atoms with Crippen LogP contribution in [0.25, 0.3) is 99.2 Å². The average Bonchev–Trinajstić information content (AvgIpc) is 3.41. The Bertz CT molecular complexity index is 3570. The van der Waals surface area contributed by atoms with E-state index >= 15 is 0 Å². The first-order valence-corrected chi connectivity index (χ1v) is 22.9. The Labute approximate surface area is 391 Å². The van der Waals surface area contributed by atoms with Gasteiger partial charge in [-0.1, -0.05) is 206 Å². The van der Waals surface area contributed by atoms with Crippen LogP contribution in [0.5, 0.6) is 0 Å². The average molecular weight is 853 g/mol. The van der Waals surface area contributed by atoms with Crippen LogP contribution in [0.4, 0.5) is 17.1 Å². The first-order chi connectivity index (χ1) is 33.2. The molecule has 0 atom stereocenters. The number of nitrogens with zero attached hydrogens (tertiary/aromatic N) is 2. The van der Waals surface area contributed by atoms with Crippen molar-refractivity contribution < 1.29 is 0 Å². The SMILES string of the molecule is c1ccc(-c2cc(-c3ccccc3)cc(N(c3ccc(-c4ccc(-c5c6ccccc6c(-c6cccc7ccccc67)c6ccccc56)cc4)cc3)c3ccc(-c4ccccn4)cc3)c2)cc1. The number of aromatic nitrogens is 1. The molecule has 1 heterocycles. The van der Waals surface area contributed by atoms with E-state index in [9.17, 15) is 0 Å². The molecule has 0 aliphatic heterocycles. The van der Waals surface area contributed by atoms with E-state index in [2.05, 4.69) is 259 Å². The van der Waals surface area contributed by atoms with Crippen molar-refractivity contribution in [2.45, 2.75) is 0 Å². The van der Waals surface area contributed by atoms with Gasteiger partial charge in [-0.25, -0.2) is 0 Å². The fraction of sp³-hybridized carbons (Fsp3) is 0. The summed E-state index contributed by atoms with van der Waals surface area (Å²) >= 11 is 0. The van der Waals surface area contributed by atoms with Crippen LogP contribution < -0.4 is 4.90 Å². The van der Waals surface area contributed by atoms with Crippen LogP contribution in [0, 0.1) is 0 Å². The van der Waals surface area contributed by atoms with Crippen LogP contribution in [0.15, 0.2) is 267 Å². The van der Waals surface area contributed by atoms with Crippen LogP contribution >= 0.6 is 0 Å². The van der Waals surface area contributed by atoms with Crippen LogP contribution in [0.1, 0.15) is 0 Å². The standard InChI is InChI=1S/C65H44N2/c1-3-16-45(17-4-1)52-42-53(46-18-5-2-6-19-46)44-56(43-52)67(55-39-35-50(36-40-55)63-28-13-14-41-66-63)54-37-33-48(34-38-54)47-29-31-51(32-30-47)64-59-23-9-11-25-61(59)65(62-26-12-10-24-60(62)64)58-27-15-21-49-20-7-8-22-57(49)58/h1-44H. The number of anilines is 3. The molecule has 0 spiro atoms. The lowest BCUT2D eigenvalue weighted by atomic mass is 9.84. The number of fused-ring (bicyclic) bond motifs is 3. The van der Waals surface area contributed by atoms with Crippen LogP contribution in [-0.4, -0.2) is 4.98 Å². The highest BCUT2D eigenvalue weighted by atomic mass is 15.1. The van der Waals surface area contributed by atoms with Gasteiger partial charge in [0.25, 0.3) is 0 Å². The number of pyridine rings is 1. The van der Waals surface area contributed by atoms with Gasteiger partial charge in [0, 0.05) is 28.8 Å². The maximum Gasteiger partial charge on any atom is 0.0701 e. The number of benzene rings is 11. The van der Waals surface area contributed by atoms with Crippen molar-refractivity contribution in [2.75, 3.05) is 4.90 Å². The molecule has 0 aliphatic carbocycles. The summed E-state index contributed by atoms with van der Waals surface area (Å²) < 4.78 is 0. The Morgan fingerprint density at radius 3 is 1.24 bits per heavy atom. The van der Waals surface area contributed by atoms with E-state index in [1.54, 1.807) is 0 Å². The molecule has 0 fully saturated rings. The third-order valence-corrected chi connectivity index (χ3v) is 13.1. The predicted molar refractivity (Wildman–Crippen MR) is 284 cm³/mol. The van der Waals surface area contributed by atoms with Crippen molar-refractivity contribution in [3.05, 3.63) is 267 Å². The largest absolute Gasteiger partial charge is 0.310 e. The summed E-state index contributed by atoms with van der Waals surface area (Å²) in [7, 11) is 0. The fourth-order valence-corrected chi connectivity index (χ4v) is 9.90. The molecule has 2 heteroatoms. The molecular weight excluding hydrogens is 809 g/mol. The number of hydrogen-bond donors (Lipinski definition) is 0. The van der Waals surface area contributed by atoms with Crippen LogP contribution in [-0.2, 0) is 0 Å². The molecule has 12 rings (SSSR count). The third kappa shape index (κ3) is 7.51. The van der Waals surface area contributed by atoms with Crippen molar-refractivity contribution in [2.24, 2.45) is 0 Å². The first-order valence-electron chi connectivity index (χ1n) is 22.9. The van der Waals surface area contributed by atoms with Crippen molar-refractivity contribution in [3.8, 4) is 66.9 Å². The maximum absolute atomic E-state index is 4.63. The molecule has 0 N–H and O–H groups in total. The fourth-order valence-electron chi connectivity index (χ4n) is 9.90. The molecule has 67 heavy (non-hydrogen) atoms. The van der Waals surface area contributed by atoms with Crippen LogP contribution in [0.3, 0.4) is 0 Å². The van der Waals surface area contributed by atoms with Crippen LogP contribution in [0.2, 0.25) is 0 Å². The predicted octanol–water partition coefficient (Wildman–Crippen LogP) is 18.0. The van der Waals surface area contributed by atoms with E-state index in [1.165, 1.54) is 71.3 Å². The smallest absolute Gasteiger partial charge is 0.0701 e. The minimum atomic E-state index is 0.952. The Balaban J connectivity index is 0.944. The Kier molecular flexibility index (Phi) is 10.2. The van der Waals surface area contributed by atoms with Gasteiger partial charge >= 0.3 is 0 Å². The second-order valence-corrected chi connectivity index (χ2v) is 17.1. The highest BCUT2D eigenvalue weighted by Gasteiger charge is 2.19. The molecule has 0 unspecified atom stereocenters. The van der Waals surface area contributed by atoms with Gasteiger partial charge in [0.1, 0.15) is 0 Å². The lowest BCUT2D eigenvalue weighted by molar-refractivity contribution is 1.28. The molecule has 0 bridgehead atoms. The normalized spacial score (nSPS) is 11.3. The highest BCUT2D eigenvalue weighted by Crippen LogP contribution is 2.46. The van der Waals surface area contributed by atoms with Gasteiger partial charge in [-0.05, 0) is 143 Å². The van der Waals surface area contributed by atoms with E-state index in [4.69, 9.17) is 0 Å². The van der Waals surface area contributed by atoms with Crippen molar-refractivity contribution >= 4 is 49.4 Å². The van der Waals surface area contributed by atoms with E-state index in [0.29, 0.717) is 0 Å². The Morgan fingerprint density at radius 2 is 0.687 bits per heavy atom. The topological polar surface area (TPSA) is 16.1 Å². The number of hydrogen-bond acceptors (Lipinski definition) is 2. The molecule has 12 aromatic rings. The van der Waals surface area contributed by atoms with Gasteiger partial charge in [0.15, 0.2) is 0 Å². The highest BCUT2D eigenvalue weighted by molar-refractivity contribution is 6.23. The molecule has 314 valence electrons. The summed E-state index contributed by atoms with van der Waals surface area (Å²) in [5.74, 6) is 0. The molecule has 0 amide bonds. The van der Waals surface area contributed by atoms with Gasteiger partial charge in [-0.15, -0.1) is 0 Å². The van der Waals surface area contributed by atoms with Gasteiger partial charge < -0.3 is 4.90 Å². The zero-order chi connectivity index (χ0) is 44.5. The lowest BCUT2D eigenvalue weighted by Gasteiger charge is -2.27. The monoisotopic (exact) mass is 852 g/mol. The van der Waals surface area contributed by atoms with Gasteiger partial charge in [0.05, 0.1) is 5.69 Å². The molecule has 0 radical (unpaired) electrons. The zero-order valence-electron chi connectivity index (χ0n) is 36.8. The maximum atomic E-state index is 4.63. The minimum Gasteiger partial charge on any atom is -0.310 e. The van der Waals surface area contributed by atoms with Crippen molar-refractivity contribution in [3.63, 3.8) is 0 Å². The Hall–Kier alpha value is -8.85. The van der Waals surface area contributed by atoms with Crippen molar-refractivity contribution in [1.82, 2.24) is 4.98 Å². The minimum absolute atomic E-state index is 0.952. The summed E-state index contributed by atoms with van der Waals surface area (Å²) in [4.78, 5) is 7.00. The second-order valence-electron chi connectivity index (χ2n) is 17.1. The van der Waals surface area contributed by atoms with E-state index in [-0.39, 0.29) is 0 Å². The molecular formula is C65H44N2. The van der Waals surface area contributed by atoms with E-state index in [1.807, 2.05) is 18.3 Å². The molecule has 11 aromatic carbocycles. The van der Waals surface area contributed by atoms with Gasteiger partial charge in [-0.2, -0.15) is 0 Å². The summed E-state index contributed by atoms with van der Waals surface area (Å²) in [5.41, 5.74) is 17.2. The summed E-state index contributed by atoms with van der Waals surface area (Å²) in [6.07, 6.45) is 1.85. The van der Waals surface area contributed by atoms with E-state index < -0.39 is 0 Å². The first kappa shape index (κ1) is 39.7. The third-order valence-electron chi connectivity index (χ3n) is 13.1.